The summed E-state index contributed by atoms with van der Waals surface area (Å²) >= 11 is 0. The van der Waals surface area contributed by atoms with Gasteiger partial charge >= 0.3 is 0 Å². The van der Waals surface area contributed by atoms with Crippen molar-refractivity contribution in [3.05, 3.63) is 0 Å². The molecular formula is C12H25O9S+. The summed E-state index contributed by atoms with van der Waals surface area (Å²) in [5.74, 6) is 0.0492. The van der Waals surface area contributed by atoms with Gasteiger partial charge in [0, 0.05) is 10.9 Å². The van der Waals surface area contributed by atoms with Crippen molar-refractivity contribution in [3.63, 3.8) is 0 Å². The van der Waals surface area contributed by atoms with E-state index in [9.17, 15) is 40.9 Å². The third-order valence-electron chi connectivity index (χ3n) is 3.83. The largest absolute Gasteiger partial charge is 0.394 e. The molecule has 0 aromatic heterocycles. The maximum Gasteiger partial charge on any atom is 0.169 e. The fourth-order valence-corrected chi connectivity index (χ4v) is 5.06. The summed E-state index contributed by atoms with van der Waals surface area (Å²) in [5.41, 5.74) is 0. The molecule has 9 atom stereocenters. The lowest BCUT2D eigenvalue weighted by Gasteiger charge is -2.28. The average molecular weight is 345 g/mol. The average Bonchev–Trinajstić information content (AvgIpc) is 2.77. The Morgan fingerprint density at radius 2 is 1.41 bits per heavy atom. The van der Waals surface area contributed by atoms with Crippen LogP contribution in [-0.4, -0.2) is 119 Å². The van der Waals surface area contributed by atoms with Gasteiger partial charge in [-0.3, -0.25) is 0 Å². The second kappa shape index (κ2) is 8.73. The van der Waals surface area contributed by atoms with E-state index in [0.717, 1.165) is 0 Å². The molecule has 0 spiro atoms. The van der Waals surface area contributed by atoms with Crippen molar-refractivity contribution in [1.82, 2.24) is 0 Å². The Morgan fingerprint density at radius 3 is 1.91 bits per heavy atom. The molecule has 22 heavy (non-hydrogen) atoms. The van der Waals surface area contributed by atoms with E-state index >= 15 is 0 Å². The molecule has 9 N–H and O–H groups in total. The Kier molecular flexibility index (Phi) is 7.95. The predicted molar refractivity (Wildman–Crippen MR) is 77.1 cm³/mol. The normalized spacial score (nSPS) is 35.9. The summed E-state index contributed by atoms with van der Waals surface area (Å²) in [7, 11) is -0.783. The highest BCUT2D eigenvalue weighted by Crippen LogP contribution is 2.25. The van der Waals surface area contributed by atoms with Crippen molar-refractivity contribution in [3.8, 4) is 0 Å². The monoisotopic (exact) mass is 345 g/mol. The molecule has 132 valence electrons. The van der Waals surface area contributed by atoms with E-state index in [0.29, 0.717) is 0 Å². The van der Waals surface area contributed by atoms with Gasteiger partial charge in [0.2, 0.25) is 0 Å². The lowest BCUT2D eigenvalue weighted by atomic mass is 10.0. The molecular weight excluding hydrogens is 320 g/mol. The van der Waals surface area contributed by atoms with Crippen LogP contribution in [0.4, 0.5) is 0 Å². The van der Waals surface area contributed by atoms with Gasteiger partial charge in [-0.25, -0.2) is 0 Å². The maximum atomic E-state index is 9.93. The van der Waals surface area contributed by atoms with Gasteiger partial charge in [-0.2, -0.15) is 0 Å². The fourth-order valence-electron chi connectivity index (χ4n) is 2.37. The minimum Gasteiger partial charge on any atom is -0.394 e. The lowest BCUT2D eigenvalue weighted by Crippen LogP contribution is -2.52. The van der Waals surface area contributed by atoms with Crippen LogP contribution in [0, 0.1) is 0 Å². The lowest BCUT2D eigenvalue weighted by molar-refractivity contribution is -0.136. The van der Waals surface area contributed by atoms with Crippen LogP contribution in [-0.2, 0) is 10.9 Å². The molecule has 0 aliphatic carbocycles. The second-order valence-electron chi connectivity index (χ2n) is 5.44. The van der Waals surface area contributed by atoms with E-state index in [2.05, 4.69) is 0 Å². The van der Waals surface area contributed by atoms with E-state index in [1.807, 2.05) is 0 Å². The van der Waals surface area contributed by atoms with Gasteiger partial charge in [-0.15, -0.1) is 0 Å². The first kappa shape index (κ1) is 20.0. The van der Waals surface area contributed by atoms with Gasteiger partial charge in [0.1, 0.15) is 54.2 Å². The van der Waals surface area contributed by atoms with Crippen molar-refractivity contribution < 1.29 is 46.0 Å². The van der Waals surface area contributed by atoms with Crippen molar-refractivity contribution in [2.75, 3.05) is 24.7 Å². The highest BCUT2D eigenvalue weighted by atomic mass is 32.2. The van der Waals surface area contributed by atoms with Gasteiger partial charge in [0.25, 0.3) is 0 Å². The molecule has 0 bridgehead atoms. The van der Waals surface area contributed by atoms with E-state index in [1.165, 1.54) is 0 Å². The molecule has 1 aliphatic heterocycles. The Hall–Kier alpha value is -0.0100. The molecule has 1 fully saturated rings. The van der Waals surface area contributed by atoms with Crippen LogP contribution in [0.1, 0.15) is 0 Å². The zero-order valence-corrected chi connectivity index (χ0v) is 12.7. The van der Waals surface area contributed by atoms with Crippen molar-refractivity contribution in [2.45, 2.75) is 48.0 Å². The van der Waals surface area contributed by atoms with Gasteiger partial charge < -0.3 is 46.0 Å². The quantitative estimate of drug-likeness (QED) is 0.194. The minimum absolute atomic E-state index is 0.0977. The Labute approximate surface area is 130 Å². The Morgan fingerprint density at radius 1 is 0.864 bits per heavy atom. The number of rotatable bonds is 8. The number of hydrogen-bond acceptors (Lipinski definition) is 9. The highest BCUT2D eigenvalue weighted by molar-refractivity contribution is 7.97. The summed E-state index contributed by atoms with van der Waals surface area (Å²) in [5, 5.41) is 84.7. The zero-order chi connectivity index (χ0) is 17.0. The van der Waals surface area contributed by atoms with Crippen molar-refractivity contribution >= 4 is 10.9 Å². The molecule has 0 amide bonds. The van der Waals surface area contributed by atoms with E-state index in [4.69, 9.17) is 5.11 Å². The molecule has 9 nitrogen and oxygen atoms in total. The number of aliphatic hydroxyl groups excluding tert-OH is 9. The zero-order valence-electron chi connectivity index (χ0n) is 11.9. The minimum atomic E-state index is -1.88. The molecule has 1 aliphatic rings. The highest BCUT2D eigenvalue weighted by Gasteiger charge is 2.51. The van der Waals surface area contributed by atoms with Crippen LogP contribution >= 0.6 is 0 Å². The first-order valence-electron chi connectivity index (χ1n) is 6.89. The van der Waals surface area contributed by atoms with Crippen LogP contribution in [0.2, 0.25) is 0 Å². The van der Waals surface area contributed by atoms with E-state index in [1.54, 1.807) is 0 Å². The molecule has 1 heterocycles. The molecule has 1 rings (SSSR count). The van der Waals surface area contributed by atoms with Crippen LogP contribution < -0.4 is 0 Å². The first-order chi connectivity index (χ1) is 10.2. The van der Waals surface area contributed by atoms with Crippen LogP contribution in [0.25, 0.3) is 0 Å². The van der Waals surface area contributed by atoms with Gasteiger partial charge in [0.05, 0.1) is 13.2 Å². The predicted octanol–water partition coefficient (Wildman–Crippen LogP) is -5.50. The molecule has 5 unspecified atom stereocenters. The summed E-state index contributed by atoms with van der Waals surface area (Å²) in [6.45, 7) is -1.21. The number of aliphatic hydroxyl groups is 9. The summed E-state index contributed by atoms with van der Waals surface area (Å²) < 4.78 is 0. The van der Waals surface area contributed by atoms with Gasteiger partial charge in [-0.05, 0) is 0 Å². The second-order valence-corrected chi connectivity index (χ2v) is 7.79. The SMILES string of the molecule is OCC(O)C(O)C(O)C(O)C(O)C[S@+]1C[C@@H](O)[C@H](O)[C@H]1CO. The summed E-state index contributed by atoms with van der Waals surface area (Å²) in [6.07, 6.45) is -10.8. The maximum absolute atomic E-state index is 9.93. The molecule has 10 heteroatoms. The fraction of sp³-hybridized carbons (Fsp3) is 1.00. The molecule has 0 saturated carbocycles. The van der Waals surface area contributed by atoms with Crippen molar-refractivity contribution in [2.24, 2.45) is 0 Å². The molecule has 0 aromatic rings. The van der Waals surface area contributed by atoms with Crippen LogP contribution in [0.15, 0.2) is 0 Å². The van der Waals surface area contributed by atoms with Crippen LogP contribution in [0.3, 0.4) is 0 Å². The smallest absolute Gasteiger partial charge is 0.169 e. The van der Waals surface area contributed by atoms with E-state index in [-0.39, 0.29) is 11.5 Å². The standard InChI is InChI=1S/C12H25O9S/c13-1-5(15)10(19)12(21)11(20)7(17)4-22-3-6(16)9(18)8(22)2-14/h5-21H,1-4H2/q+1/t5?,6-,7?,8-,9+,10?,11?,12?,22+/m1/s1. The first-order valence-corrected chi connectivity index (χ1v) is 8.51. The van der Waals surface area contributed by atoms with Gasteiger partial charge in [-0.1, -0.05) is 0 Å². The third-order valence-corrected chi connectivity index (χ3v) is 6.65. The Balaban J connectivity index is 2.62. The number of hydrogen-bond donors (Lipinski definition) is 9. The topological polar surface area (TPSA) is 182 Å². The Bertz CT molecular complexity index is 334. The summed E-state index contributed by atoms with van der Waals surface area (Å²) in [4.78, 5) is 0. The van der Waals surface area contributed by atoms with Gasteiger partial charge in [0.15, 0.2) is 5.25 Å². The van der Waals surface area contributed by atoms with Crippen LogP contribution in [0.5, 0.6) is 0 Å². The molecule has 0 radical (unpaired) electrons. The van der Waals surface area contributed by atoms with Crippen molar-refractivity contribution in [1.29, 1.82) is 0 Å². The van der Waals surface area contributed by atoms with E-state index < -0.39 is 72.1 Å². The third kappa shape index (κ3) is 4.51. The molecule has 0 aromatic carbocycles. The molecule has 1 saturated heterocycles. The summed E-state index contributed by atoms with van der Waals surface area (Å²) in [6, 6.07) is 0.